The Kier molecular flexibility index (Phi) is 15.6. The number of rotatable bonds is 9. The standard InChI is InChI=1S/C27H32.2C5H5.Ti/c1-3-12-22(13-4-1)16-7-8-18-24(27-25-20-9-10-21-26(25)27)19-11-17-23-14-5-2-6-15-23;2*1-2-4-5-3-1;/h1-6,12-15,25-26H,7-11,16-17,19-21H2;2*1-5H;/q-2;;;+2/t25-,26+;;;. The first-order valence-electron chi connectivity index (χ1n) is 14.3. The van der Waals surface area contributed by atoms with E-state index in [0.29, 0.717) is 0 Å². The van der Waals surface area contributed by atoms with E-state index in [0.717, 1.165) is 18.3 Å². The van der Waals surface area contributed by atoms with Gasteiger partial charge in [-0.1, -0.05) is 106 Å². The summed E-state index contributed by atoms with van der Waals surface area (Å²) in [5.74, 6) is 3.65. The summed E-state index contributed by atoms with van der Waals surface area (Å²) in [6.45, 7) is 0. The Morgan fingerprint density at radius 1 is 0.605 bits per heavy atom. The predicted molar refractivity (Wildman–Crippen MR) is 157 cm³/mol. The van der Waals surface area contributed by atoms with Crippen molar-refractivity contribution in [2.45, 2.75) is 64.2 Å². The van der Waals surface area contributed by atoms with Crippen LogP contribution in [0.15, 0.2) is 66.2 Å². The van der Waals surface area contributed by atoms with Crippen molar-refractivity contribution >= 4 is 0 Å². The van der Waals surface area contributed by atoms with Gasteiger partial charge in [-0.25, -0.2) is 0 Å². The van der Waals surface area contributed by atoms with Crippen LogP contribution in [0.4, 0.5) is 0 Å². The van der Waals surface area contributed by atoms with E-state index in [1.54, 1.807) is 11.5 Å². The smallest absolute Gasteiger partial charge is 0.528 e. The van der Waals surface area contributed by atoms with E-state index in [4.69, 9.17) is 0 Å². The van der Waals surface area contributed by atoms with Crippen molar-refractivity contribution in [2.24, 2.45) is 11.8 Å². The molecular formula is C37H42Ti. The second kappa shape index (κ2) is 18.9. The SMILES string of the molecule is [C-](CCCc1ccccc1)=C(CCCc1ccccc1)[C-]1[C@H]2CCCC[C@@H]12.[CH]1[CH][CH][CH][CH]1.[CH]1[CH][CH][CH][CH]1.[Ti+2]. The third-order valence-corrected chi connectivity index (χ3v) is 7.47. The van der Waals surface area contributed by atoms with Crippen molar-refractivity contribution in [3.05, 3.63) is 154 Å². The Morgan fingerprint density at radius 2 is 1.03 bits per heavy atom. The molecule has 4 aliphatic rings. The first-order chi connectivity index (χ1) is 18.4. The topological polar surface area (TPSA) is 0 Å². The van der Waals surface area contributed by atoms with E-state index in [2.05, 4.69) is 66.7 Å². The molecule has 4 saturated carbocycles. The van der Waals surface area contributed by atoms with Crippen LogP contribution >= 0.6 is 0 Å². The third-order valence-electron chi connectivity index (χ3n) is 7.47. The summed E-state index contributed by atoms with van der Waals surface area (Å²) in [5, 5.41) is 0. The number of allylic oxidation sites excluding steroid dienone is 2. The van der Waals surface area contributed by atoms with Gasteiger partial charge in [-0.2, -0.15) is 18.3 Å². The summed E-state index contributed by atoms with van der Waals surface area (Å²) in [4.78, 5) is 0. The molecule has 0 heterocycles. The van der Waals surface area contributed by atoms with E-state index < -0.39 is 0 Å². The van der Waals surface area contributed by atoms with E-state index in [9.17, 15) is 0 Å². The van der Waals surface area contributed by atoms with Gasteiger partial charge in [0.05, 0.1) is 0 Å². The molecule has 4 aliphatic carbocycles. The summed E-state index contributed by atoms with van der Waals surface area (Å²) in [7, 11) is 0. The van der Waals surface area contributed by atoms with Crippen LogP contribution in [0.1, 0.15) is 62.5 Å². The van der Waals surface area contributed by atoms with Crippen molar-refractivity contribution in [1.29, 1.82) is 0 Å². The summed E-state index contributed by atoms with van der Waals surface area (Å²) >= 11 is 0. The maximum absolute atomic E-state index is 3.87. The molecule has 0 saturated heterocycles. The van der Waals surface area contributed by atoms with Crippen LogP contribution < -0.4 is 0 Å². The molecular weight excluding hydrogens is 492 g/mol. The van der Waals surface area contributed by atoms with E-state index >= 15 is 0 Å². The van der Waals surface area contributed by atoms with E-state index in [1.807, 2.05) is 64.2 Å². The van der Waals surface area contributed by atoms with Crippen LogP contribution in [0.2, 0.25) is 0 Å². The largest absolute Gasteiger partial charge is 2.00 e. The van der Waals surface area contributed by atoms with Gasteiger partial charge in [0.1, 0.15) is 0 Å². The zero-order valence-electron chi connectivity index (χ0n) is 22.8. The van der Waals surface area contributed by atoms with Gasteiger partial charge in [0.15, 0.2) is 0 Å². The molecule has 38 heavy (non-hydrogen) atoms. The van der Waals surface area contributed by atoms with Gasteiger partial charge in [-0.3, -0.25) is 0 Å². The van der Waals surface area contributed by atoms with Crippen molar-refractivity contribution in [1.82, 2.24) is 0 Å². The Balaban J connectivity index is 0.000000303. The van der Waals surface area contributed by atoms with Gasteiger partial charge in [0, 0.05) is 0 Å². The number of fused-ring (bicyclic) bond motifs is 1. The molecule has 0 nitrogen and oxygen atoms in total. The van der Waals surface area contributed by atoms with Gasteiger partial charge in [-0.15, -0.1) is 0 Å². The number of aryl methyl sites for hydroxylation is 2. The van der Waals surface area contributed by atoms with Gasteiger partial charge < -0.3 is 17.6 Å². The van der Waals surface area contributed by atoms with Crippen LogP contribution in [-0.2, 0) is 34.6 Å². The molecule has 2 atom stereocenters. The predicted octanol–water partition coefficient (Wildman–Crippen LogP) is 9.20. The molecule has 0 aromatic heterocycles. The van der Waals surface area contributed by atoms with Gasteiger partial charge in [0.2, 0.25) is 0 Å². The first-order valence-corrected chi connectivity index (χ1v) is 14.3. The Labute approximate surface area is 250 Å². The molecule has 10 radical (unpaired) electrons. The van der Waals surface area contributed by atoms with Gasteiger partial charge in [-0.05, 0) is 88.2 Å². The fraction of sp³-hybridized carbons (Fsp3) is 0.324. The number of hydrogen-bond acceptors (Lipinski definition) is 0. The number of unbranched alkanes of at least 4 members (excludes halogenated alkanes) is 1. The fourth-order valence-electron chi connectivity index (χ4n) is 5.54. The van der Waals surface area contributed by atoms with Crippen molar-refractivity contribution in [3.63, 3.8) is 0 Å². The molecule has 0 amide bonds. The summed E-state index contributed by atoms with van der Waals surface area (Å²) in [6, 6.07) is 21.8. The van der Waals surface area contributed by atoms with Crippen molar-refractivity contribution in [3.8, 4) is 0 Å². The van der Waals surface area contributed by atoms with Crippen molar-refractivity contribution in [2.75, 3.05) is 0 Å². The van der Waals surface area contributed by atoms with Crippen LogP contribution in [0.3, 0.4) is 0 Å². The van der Waals surface area contributed by atoms with Crippen LogP contribution in [0.25, 0.3) is 0 Å². The third kappa shape index (κ3) is 11.5. The number of hydrogen-bond donors (Lipinski definition) is 0. The average molecular weight is 535 g/mol. The number of benzene rings is 2. The van der Waals surface area contributed by atoms with E-state index in [-0.39, 0.29) is 21.7 Å². The van der Waals surface area contributed by atoms with Crippen molar-refractivity contribution < 1.29 is 21.7 Å². The zero-order chi connectivity index (χ0) is 25.4. The molecule has 1 heteroatoms. The molecule has 194 valence electrons. The normalized spacial score (nSPS) is 21.8. The molecule has 0 N–H and O–H groups in total. The van der Waals surface area contributed by atoms with Crippen LogP contribution in [0, 0.1) is 88.0 Å². The van der Waals surface area contributed by atoms with Crippen LogP contribution in [0.5, 0.6) is 0 Å². The first kappa shape index (κ1) is 31.3. The van der Waals surface area contributed by atoms with E-state index in [1.165, 1.54) is 68.9 Å². The minimum Gasteiger partial charge on any atom is -0.528 e. The Morgan fingerprint density at radius 3 is 1.47 bits per heavy atom. The Bertz CT molecular complexity index is 825. The van der Waals surface area contributed by atoms with Gasteiger partial charge >= 0.3 is 21.7 Å². The quantitative estimate of drug-likeness (QED) is 0.171. The second-order valence-corrected chi connectivity index (χ2v) is 10.2. The monoisotopic (exact) mass is 534 g/mol. The minimum atomic E-state index is 0. The minimum absolute atomic E-state index is 0. The molecule has 0 spiro atoms. The fourth-order valence-corrected chi connectivity index (χ4v) is 5.54. The molecule has 2 aromatic rings. The summed E-state index contributed by atoms with van der Waals surface area (Å²) < 4.78 is 0. The molecule has 0 aliphatic heterocycles. The second-order valence-electron chi connectivity index (χ2n) is 10.2. The zero-order valence-corrected chi connectivity index (χ0v) is 24.3. The van der Waals surface area contributed by atoms with Crippen LogP contribution in [-0.4, -0.2) is 0 Å². The molecule has 0 unspecified atom stereocenters. The molecule has 2 aromatic carbocycles. The maximum atomic E-state index is 3.87. The molecule has 4 fully saturated rings. The summed E-state index contributed by atoms with van der Waals surface area (Å²) in [6.07, 6.45) is 36.8. The Hall–Kier alpha value is -1.24. The summed E-state index contributed by atoms with van der Waals surface area (Å²) in [5.41, 5.74) is 4.53. The molecule has 0 bridgehead atoms. The average Bonchev–Trinajstić information content (AvgIpc) is 3.41. The van der Waals surface area contributed by atoms with Gasteiger partial charge in [0.25, 0.3) is 0 Å². The maximum Gasteiger partial charge on any atom is 2.00 e. The molecule has 6 rings (SSSR count).